The minimum atomic E-state index is 0.0141. The summed E-state index contributed by atoms with van der Waals surface area (Å²) in [4.78, 5) is 11.8. The number of carbonyl (C=O) groups is 1. The summed E-state index contributed by atoms with van der Waals surface area (Å²) >= 11 is 0. The summed E-state index contributed by atoms with van der Waals surface area (Å²) < 4.78 is 5.40. The lowest BCUT2D eigenvalue weighted by Gasteiger charge is -2.08. The number of carbonyl (C=O) groups excluding carboxylic acids is 1. The second-order valence-electron chi connectivity index (χ2n) is 10.0. The standard InChI is InChI=1S/C30H58O2/c1-4-6-8-10-12-13-14-15-20-24-28-32-30(31)27-23-19-16-18-22-26-29(3)25-21-17-11-9-7-5-2/h17,21,29H,4-16,18-20,22-28H2,1-3H3/b21-17-. The number of hydrogen-bond acceptors (Lipinski definition) is 2. The van der Waals surface area contributed by atoms with Crippen LogP contribution in [-0.2, 0) is 9.53 Å². The Morgan fingerprint density at radius 2 is 1.19 bits per heavy atom. The molecule has 0 aromatic carbocycles. The summed E-state index contributed by atoms with van der Waals surface area (Å²) in [5.74, 6) is 0.818. The van der Waals surface area contributed by atoms with Crippen LogP contribution in [0.4, 0.5) is 0 Å². The van der Waals surface area contributed by atoms with Crippen LogP contribution in [-0.4, -0.2) is 12.6 Å². The van der Waals surface area contributed by atoms with Crippen molar-refractivity contribution in [3.8, 4) is 0 Å². The normalized spacial score (nSPS) is 12.5. The quantitative estimate of drug-likeness (QED) is 0.0785. The highest BCUT2D eigenvalue weighted by atomic mass is 16.5. The van der Waals surface area contributed by atoms with Crippen molar-refractivity contribution in [3.63, 3.8) is 0 Å². The highest BCUT2D eigenvalue weighted by Crippen LogP contribution is 2.16. The Morgan fingerprint density at radius 3 is 1.84 bits per heavy atom. The number of esters is 1. The third-order valence-corrected chi connectivity index (χ3v) is 6.52. The van der Waals surface area contributed by atoms with E-state index in [0.717, 1.165) is 18.8 Å². The Morgan fingerprint density at radius 1 is 0.656 bits per heavy atom. The Hall–Kier alpha value is -0.790. The Labute approximate surface area is 202 Å². The smallest absolute Gasteiger partial charge is 0.305 e. The zero-order valence-corrected chi connectivity index (χ0v) is 22.3. The molecule has 0 aliphatic rings. The van der Waals surface area contributed by atoms with Gasteiger partial charge in [-0.3, -0.25) is 4.79 Å². The van der Waals surface area contributed by atoms with Crippen molar-refractivity contribution in [1.82, 2.24) is 0 Å². The van der Waals surface area contributed by atoms with Gasteiger partial charge in [-0.1, -0.05) is 136 Å². The summed E-state index contributed by atoms with van der Waals surface area (Å²) in [7, 11) is 0. The van der Waals surface area contributed by atoms with Gasteiger partial charge in [0.2, 0.25) is 0 Å². The van der Waals surface area contributed by atoms with Crippen molar-refractivity contribution >= 4 is 5.97 Å². The molecule has 0 aliphatic carbocycles. The molecule has 0 amide bonds. The zero-order chi connectivity index (χ0) is 23.5. The molecule has 0 rings (SSSR count). The van der Waals surface area contributed by atoms with Gasteiger partial charge in [0.15, 0.2) is 0 Å². The lowest BCUT2D eigenvalue weighted by molar-refractivity contribution is -0.143. The summed E-state index contributed by atoms with van der Waals surface area (Å²) in [5.41, 5.74) is 0. The van der Waals surface area contributed by atoms with Gasteiger partial charge in [0, 0.05) is 6.42 Å². The predicted molar refractivity (Wildman–Crippen MR) is 142 cm³/mol. The van der Waals surface area contributed by atoms with Crippen LogP contribution in [0.15, 0.2) is 12.2 Å². The lowest BCUT2D eigenvalue weighted by atomic mass is 9.98. The molecule has 0 bridgehead atoms. The van der Waals surface area contributed by atoms with Crippen molar-refractivity contribution in [2.75, 3.05) is 6.61 Å². The van der Waals surface area contributed by atoms with Crippen LogP contribution in [0.3, 0.4) is 0 Å². The largest absolute Gasteiger partial charge is 0.466 e. The SMILES string of the molecule is CCCCC/C=C\CC(C)CCCCCCCC(=O)OCCCCCCCCCCCC. The molecule has 0 heterocycles. The van der Waals surface area contributed by atoms with Gasteiger partial charge < -0.3 is 4.74 Å². The number of allylic oxidation sites excluding steroid dienone is 2. The average Bonchev–Trinajstić information content (AvgIpc) is 2.79. The van der Waals surface area contributed by atoms with Gasteiger partial charge in [-0.2, -0.15) is 0 Å². The number of unbranched alkanes of at least 4 members (excludes halogenated alkanes) is 16. The average molecular weight is 451 g/mol. The van der Waals surface area contributed by atoms with Gasteiger partial charge in [0.1, 0.15) is 0 Å². The third-order valence-electron chi connectivity index (χ3n) is 6.52. The fraction of sp³-hybridized carbons (Fsp3) is 0.900. The molecule has 0 aliphatic heterocycles. The fourth-order valence-corrected chi connectivity index (χ4v) is 4.22. The van der Waals surface area contributed by atoms with Crippen LogP contribution in [0.1, 0.15) is 162 Å². The second-order valence-corrected chi connectivity index (χ2v) is 10.0. The summed E-state index contributed by atoms with van der Waals surface area (Å²) in [5, 5.41) is 0. The summed E-state index contributed by atoms with van der Waals surface area (Å²) in [6.45, 7) is 7.53. The molecule has 32 heavy (non-hydrogen) atoms. The first-order valence-corrected chi connectivity index (χ1v) is 14.5. The molecular formula is C30H58O2. The van der Waals surface area contributed by atoms with Crippen molar-refractivity contribution in [1.29, 1.82) is 0 Å². The van der Waals surface area contributed by atoms with E-state index in [0.29, 0.717) is 13.0 Å². The molecule has 0 N–H and O–H groups in total. The Bertz CT molecular complexity index is 402. The molecule has 1 atom stereocenters. The highest BCUT2D eigenvalue weighted by molar-refractivity contribution is 5.69. The van der Waals surface area contributed by atoms with Crippen molar-refractivity contribution in [3.05, 3.63) is 12.2 Å². The topological polar surface area (TPSA) is 26.3 Å². The molecule has 1 unspecified atom stereocenters. The monoisotopic (exact) mass is 450 g/mol. The molecule has 2 nitrogen and oxygen atoms in total. The van der Waals surface area contributed by atoms with Crippen molar-refractivity contribution in [2.45, 2.75) is 162 Å². The molecule has 190 valence electrons. The molecule has 0 saturated carbocycles. The zero-order valence-electron chi connectivity index (χ0n) is 22.3. The van der Waals surface area contributed by atoms with Crippen LogP contribution in [0.5, 0.6) is 0 Å². The van der Waals surface area contributed by atoms with Crippen molar-refractivity contribution in [2.24, 2.45) is 5.92 Å². The maximum Gasteiger partial charge on any atom is 0.305 e. The molecule has 0 fully saturated rings. The van der Waals surface area contributed by atoms with E-state index in [1.165, 1.54) is 122 Å². The van der Waals surface area contributed by atoms with Crippen molar-refractivity contribution < 1.29 is 9.53 Å². The van der Waals surface area contributed by atoms with Gasteiger partial charge in [-0.05, 0) is 38.0 Å². The van der Waals surface area contributed by atoms with E-state index < -0.39 is 0 Å². The van der Waals surface area contributed by atoms with E-state index in [4.69, 9.17) is 4.74 Å². The van der Waals surface area contributed by atoms with Crippen LogP contribution in [0.25, 0.3) is 0 Å². The first kappa shape index (κ1) is 31.2. The van der Waals surface area contributed by atoms with E-state index in [-0.39, 0.29) is 5.97 Å². The lowest BCUT2D eigenvalue weighted by Crippen LogP contribution is -2.05. The third kappa shape index (κ3) is 25.5. The van der Waals surface area contributed by atoms with E-state index in [1.807, 2.05) is 0 Å². The van der Waals surface area contributed by atoms with Crippen LogP contribution in [0.2, 0.25) is 0 Å². The van der Waals surface area contributed by atoms with Crippen LogP contribution >= 0.6 is 0 Å². The van der Waals surface area contributed by atoms with E-state index in [9.17, 15) is 4.79 Å². The Balaban J connectivity index is 3.29. The van der Waals surface area contributed by atoms with E-state index in [1.54, 1.807) is 0 Å². The molecule has 0 saturated heterocycles. The maximum atomic E-state index is 11.8. The van der Waals surface area contributed by atoms with Gasteiger partial charge in [0.25, 0.3) is 0 Å². The molecule has 0 aromatic rings. The molecule has 0 spiro atoms. The van der Waals surface area contributed by atoms with Crippen LogP contribution < -0.4 is 0 Å². The van der Waals surface area contributed by atoms with E-state index in [2.05, 4.69) is 32.9 Å². The minimum absolute atomic E-state index is 0.0141. The molecule has 2 heteroatoms. The van der Waals surface area contributed by atoms with Gasteiger partial charge in [0.05, 0.1) is 6.61 Å². The summed E-state index contributed by atoms with van der Waals surface area (Å²) in [6, 6.07) is 0. The number of hydrogen-bond donors (Lipinski definition) is 0. The van der Waals surface area contributed by atoms with Gasteiger partial charge in [-0.25, -0.2) is 0 Å². The Kier molecular flexibility index (Phi) is 25.8. The highest BCUT2D eigenvalue weighted by Gasteiger charge is 2.03. The first-order chi connectivity index (χ1) is 15.7. The van der Waals surface area contributed by atoms with E-state index >= 15 is 0 Å². The predicted octanol–water partition coefficient (Wildman–Crippen LogP) is 10.3. The maximum absolute atomic E-state index is 11.8. The molecule has 0 aromatic heterocycles. The number of rotatable bonds is 25. The second kappa shape index (κ2) is 26.5. The number of ether oxygens (including phenoxy) is 1. The molecular weight excluding hydrogens is 392 g/mol. The van der Waals surface area contributed by atoms with Crippen LogP contribution in [0, 0.1) is 5.92 Å². The van der Waals surface area contributed by atoms with Gasteiger partial charge >= 0.3 is 5.97 Å². The summed E-state index contributed by atoms with van der Waals surface area (Å²) in [6.07, 6.45) is 32.4. The minimum Gasteiger partial charge on any atom is -0.466 e. The first-order valence-electron chi connectivity index (χ1n) is 14.5. The fourth-order valence-electron chi connectivity index (χ4n) is 4.22. The van der Waals surface area contributed by atoms with Gasteiger partial charge in [-0.15, -0.1) is 0 Å². The molecule has 0 radical (unpaired) electrons.